The van der Waals surface area contributed by atoms with Crippen LogP contribution in [-0.2, 0) is 23.0 Å². The maximum absolute atomic E-state index is 13.6. The van der Waals surface area contributed by atoms with Crippen molar-refractivity contribution >= 4 is 40.0 Å². The van der Waals surface area contributed by atoms with Crippen molar-refractivity contribution in [3.8, 4) is 11.1 Å². The monoisotopic (exact) mass is 545 g/mol. The number of carbonyl (C=O) groups excluding carboxylic acids is 2. The van der Waals surface area contributed by atoms with Crippen LogP contribution in [0, 0.1) is 0 Å². The molecule has 3 heterocycles. The second kappa shape index (κ2) is 9.66. The van der Waals surface area contributed by atoms with Gasteiger partial charge in [0.05, 0.1) is 11.1 Å². The van der Waals surface area contributed by atoms with Gasteiger partial charge in [-0.1, -0.05) is 17.7 Å². The Kier molecular flexibility index (Phi) is 6.28. The van der Waals surface area contributed by atoms with Crippen molar-refractivity contribution in [2.24, 2.45) is 7.05 Å². The van der Waals surface area contributed by atoms with Crippen molar-refractivity contribution < 1.29 is 14.3 Å². The van der Waals surface area contributed by atoms with Gasteiger partial charge in [0.25, 0.3) is 11.5 Å². The fraction of sp³-hybridized carbons (Fsp3) is 0.310. The largest absolute Gasteiger partial charge is 0.385 e. The number of fused-ring (bicyclic) bond motifs is 4. The molecule has 0 bridgehead atoms. The van der Waals surface area contributed by atoms with Crippen molar-refractivity contribution in [3.05, 3.63) is 81.4 Å². The van der Waals surface area contributed by atoms with E-state index in [0.717, 1.165) is 34.9 Å². The highest BCUT2D eigenvalue weighted by Gasteiger charge is 2.46. The molecule has 2 aromatic heterocycles. The van der Waals surface area contributed by atoms with Gasteiger partial charge < -0.3 is 19.9 Å². The summed E-state index contributed by atoms with van der Waals surface area (Å²) >= 11 is 6.34. The number of pyridine rings is 1. The van der Waals surface area contributed by atoms with Crippen LogP contribution in [0.25, 0.3) is 22.0 Å². The summed E-state index contributed by atoms with van der Waals surface area (Å²) in [5.41, 5.74) is 3.33. The average molecular weight is 546 g/mol. The number of nitrogens with one attached hydrogen (secondary N) is 2. The SMILES string of the molecule is COCCC(C(=O)Nc1ccc2nn(C)cc2c1)n1cc2c(cc1=O)-c1cc(Cl)ccc1CC1(CC1)NC2=O. The minimum Gasteiger partial charge on any atom is -0.385 e. The van der Waals surface area contributed by atoms with E-state index in [4.69, 9.17) is 16.3 Å². The highest BCUT2D eigenvalue weighted by Crippen LogP contribution is 2.43. The van der Waals surface area contributed by atoms with Gasteiger partial charge in [0.15, 0.2) is 0 Å². The van der Waals surface area contributed by atoms with Crippen LogP contribution in [0.15, 0.2) is 59.7 Å². The predicted octanol–water partition coefficient (Wildman–Crippen LogP) is 4.09. The highest BCUT2D eigenvalue weighted by atomic mass is 35.5. The lowest BCUT2D eigenvalue weighted by Crippen LogP contribution is -2.41. The summed E-state index contributed by atoms with van der Waals surface area (Å²) in [4.78, 5) is 40.6. The van der Waals surface area contributed by atoms with E-state index in [9.17, 15) is 14.4 Å². The molecule has 1 fully saturated rings. The average Bonchev–Trinajstić information content (AvgIpc) is 3.54. The third kappa shape index (κ3) is 4.84. The van der Waals surface area contributed by atoms with Crippen LogP contribution in [0.4, 0.5) is 5.69 Å². The quantitative estimate of drug-likeness (QED) is 0.379. The van der Waals surface area contributed by atoms with E-state index in [1.165, 1.54) is 23.9 Å². The van der Waals surface area contributed by atoms with Crippen molar-refractivity contribution in [2.45, 2.75) is 37.3 Å². The molecule has 1 spiro atoms. The first kappa shape index (κ1) is 25.3. The second-order valence-corrected chi connectivity index (χ2v) is 10.9. The topological polar surface area (TPSA) is 107 Å². The second-order valence-electron chi connectivity index (χ2n) is 10.4. The predicted molar refractivity (Wildman–Crippen MR) is 149 cm³/mol. The van der Waals surface area contributed by atoms with Gasteiger partial charge in [-0.05, 0) is 60.7 Å². The number of aromatic nitrogens is 3. The summed E-state index contributed by atoms with van der Waals surface area (Å²) in [6.07, 6.45) is 6.05. The van der Waals surface area contributed by atoms with Crippen LogP contribution in [-0.4, -0.2) is 45.4 Å². The molecule has 4 aromatic rings. The van der Waals surface area contributed by atoms with E-state index in [1.807, 2.05) is 37.5 Å². The lowest BCUT2D eigenvalue weighted by atomic mass is 9.89. The molecule has 39 heavy (non-hydrogen) atoms. The zero-order valence-electron chi connectivity index (χ0n) is 21.7. The van der Waals surface area contributed by atoms with Crippen LogP contribution < -0.4 is 16.2 Å². The Balaban J connectivity index is 1.41. The molecule has 1 unspecified atom stereocenters. The normalized spacial score (nSPS) is 16.1. The number of rotatable bonds is 6. The fourth-order valence-corrected chi connectivity index (χ4v) is 5.57. The molecule has 9 nitrogen and oxygen atoms in total. The standard InChI is InChI=1S/C29H28ClN5O4/c1-34-15-18-11-20(5-6-24(18)33-34)31-28(38)25(7-10-39-2)35-16-23-22(13-26(35)36)21-12-19(30)4-3-17(21)14-29(8-9-29)32-27(23)37/h3-6,11-13,15-16,25H,7-10,14H2,1-2H3,(H,31,38)(H,32,37). The smallest absolute Gasteiger partial charge is 0.253 e. The number of hydrogen-bond acceptors (Lipinski definition) is 5. The molecule has 2 amide bonds. The Morgan fingerprint density at radius 2 is 1.95 bits per heavy atom. The molecule has 0 radical (unpaired) electrons. The first-order valence-corrected chi connectivity index (χ1v) is 13.2. The number of methoxy groups -OCH3 is 1. The van der Waals surface area contributed by atoms with Gasteiger partial charge in [0.1, 0.15) is 6.04 Å². The number of nitrogens with zero attached hydrogens (tertiary/aromatic N) is 3. The summed E-state index contributed by atoms with van der Waals surface area (Å²) in [5.74, 6) is -0.652. The molecule has 1 saturated carbocycles. The number of halogens is 1. The van der Waals surface area contributed by atoms with Gasteiger partial charge in [-0.3, -0.25) is 19.1 Å². The first-order valence-electron chi connectivity index (χ1n) is 12.9. The van der Waals surface area contributed by atoms with Crippen molar-refractivity contribution in [1.29, 1.82) is 0 Å². The van der Waals surface area contributed by atoms with Gasteiger partial charge in [-0.15, -0.1) is 0 Å². The Hall–Kier alpha value is -3.95. The maximum atomic E-state index is 13.6. The van der Waals surface area contributed by atoms with Gasteiger partial charge in [0, 0.05) is 72.8 Å². The Labute approximate surface area is 229 Å². The summed E-state index contributed by atoms with van der Waals surface area (Å²) in [6.45, 7) is 0.247. The number of ether oxygens (including phenoxy) is 1. The minimum atomic E-state index is -0.903. The van der Waals surface area contributed by atoms with E-state index < -0.39 is 11.6 Å². The molecule has 1 aliphatic carbocycles. The Morgan fingerprint density at radius 1 is 1.13 bits per heavy atom. The first-order chi connectivity index (χ1) is 18.7. The lowest BCUT2D eigenvalue weighted by Gasteiger charge is -2.26. The summed E-state index contributed by atoms with van der Waals surface area (Å²) < 4.78 is 8.30. The molecule has 6 rings (SSSR count). The van der Waals surface area contributed by atoms with Crippen LogP contribution in [0.5, 0.6) is 0 Å². The molecule has 200 valence electrons. The van der Waals surface area contributed by atoms with E-state index in [-0.39, 0.29) is 30.4 Å². The molecule has 10 heteroatoms. The van der Waals surface area contributed by atoms with Crippen molar-refractivity contribution in [2.75, 3.05) is 19.0 Å². The third-order valence-corrected chi connectivity index (χ3v) is 7.80. The zero-order valence-corrected chi connectivity index (χ0v) is 22.4. The van der Waals surface area contributed by atoms with Crippen molar-refractivity contribution in [1.82, 2.24) is 19.7 Å². The number of carbonyl (C=O) groups is 2. The van der Waals surface area contributed by atoms with E-state index >= 15 is 0 Å². The number of aryl methyl sites for hydroxylation is 1. The number of hydrogen-bond donors (Lipinski definition) is 2. The van der Waals surface area contributed by atoms with Gasteiger partial charge >= 0.3 is 0 Å². The Bertz CT molecular complexity index is 1690. The summed E-state index contributed by atoms with van der Waals surface area (Å²) in [7, 11) is 3.37. The maximum Gasteiger partial charge on any atom is 0.253 e. The zero-order chi connectivity index (χ0) is 27.3. The summed E-state index contributed by atoms with van der Waals surface area (Å²) in [6, 6.07) is 11.6. The van der Waals surface area contributed by atoms with Gasteiger partial charge in [-0.25, -0.2) is 0 Å². The minimum absolute atomic E-state index is 0.240. The molecular weight excluding hydrogens is 518 g/mol. The lowest BCUT2D eigenvalue weighted by molar-refractivity contribution is -0.119. The van der Waals surface area contributed by atoms with Crippen molar-refractivity contribution in [3.63, 3.8) is 0 Å². The molecule has 2 aromatic carbocycles. The molecule has 1 atom stereocenters. The van der Waals surface area contributed by atoms with Gasteiger partial charge in [0.2, 0.25) is 5.91 Å². The highest BCUT2D eigenvalue weighted by molar-refractivity contribution is 6.31. The third-order valence-electron chi connectivity index (χ3n) is 7.57. The van der Waals surface area contributed by atoms with Crippen LogP contribution in [0.3, 0.4) is 0 Å². The van der Waals surface area contributed by atoms with E-state index in [2.05, 4.69) is 15.7 Å². The van der Waals surface area contributed by atoms with Gasteiger partial charge in [-0.2, -0.15) is 5.10 Å². The molecule has 2 aliphatic rings. The summed E-state index contributed by atoms with van der Waals surface area (Å²) in [5, 5.41) is 11.9. The molecule has 1 aliphatic heterocycles. The molecule has 2 N–H and O–H groups in total. The number of anilines is 1. The van der Waals surface area contributed by atoms with E-state index in [1.54, 1.807) is 16.8 Å². The van der Waals surface area contributed by atoms with Crippen LogP contribution in [0.1, 0.15) is 41.2 Å². The Morgan fingerprint density at radius 3 is 2.72 bits per heavy atom. The number of benzene rings is 2. The fourth-order valence-electron chi connectivity index (χ4n) is 5.40. The number of amides is 2. The van der Waals surface area contributed by atoms with Crippen LogP contribution in [0.2, 0.25) is 5.02 Å². The molecule has 0 saturated heterocycles. The molecular formula is C29H28ClN5O4. The van der Waals surface area contributed by atoms with E-state index in [0.29, 0.717) is 28.3 Å². The van der Waals surface area contributed by atoms with Crippen LogP contribution >= 0.6 is 11.6 Å².